The first-order valence-electron chi connectivity index (χ1n) is 12.1. The van der Waals surface area contributed by atoms with E-state index in [4.69, 9.17) is 16.2 Å². The monoisotopic (exact) mass is 504 g/mol. The van der Waals surface area contributed by atoms with Crippen molar-refractivity contribution in [2.24, 2.45) is 10.7 Å². The maximum absolute atomic E-state index is 11.9. The van der Waals surface area contributed by atoms with Crippen LogP contribution in [0.15, 0.2) is 66.7 Å². The molecule has 1 aromatic carbocycles. The fourth-order valence-electron chi connectivity index (χ4n) is 4.03. The van der Waals surface area contributed by atoms with Crippen molar-refractivity contribution in [2.45, 2.75) is 26.0 Å². The number of rotatable bonds is 11. The molecule has 0 aliphatic carbocycles. The highest BCUT2D eigenvalue weighted by atomic mass is 16.5. The molecule has 10 heteroatoms. The minimum atomic E-state index is -0.375. The standard InChI is InChI=1S/C27H36N8O2/c1-5-30-27(36)34-19(3)33-26-24(18(2)31-11-6-10-28)13-21(14-25(26)29)20-7-8-22(32-15-20)16-35-12-9-23(17-35)37-4/h6-8,10-11,13-15,23,33H,2-3,5,9,12,16-17,28-29H2,1,4H3,(H2,30,34,36)/b10-6-,31-11-/t23-/m1/s1. The molecule has 196 valence electrons. The van der Waals surface area contributed by atoms with Gasteiger partial charge in [-0.2, -0.15) is 0 Å². The zero-order chi connectivity index (χ0) is 26.8. The van der Waals surface area contributed by atoms with Gasteiger partial charge in [0.25, 0.3) is 0 Å². The second-order valence-electron chi connectivity index (χ2n) is 8.61. The number of nitrogen functional groups attached to an aromatic ring is 1. The minimum Gasteiger partial charge on any atom is -0.405 e. The molecule has 0 bridgehead atoms. The Labute approximate surface area is 218 Å². The Morgan fingerprint density at radius 3 is 2.78 bits per heavy atom. The Balaban J connectivity index is 1.86. The number of pyridine rings is 1. The predicted molar refractivity (Wildman–Crippen MR) is 151 cm³/mol. The summed E-state index contributed by atoms with van der Waals surface area (Å²) < 4.78 is 5.46. The van der Waals surface area contributed by atoms with E-state index in [0.717, 1.165) is 42.9 Å². The number of benzene rings is 1. The molecule has 1 aliphatic heterocycles. The van der Waals surface area contributed by atoms with Gasteiger partial charge in [0.15, 0.2) is 0 Å². The molecule has 3 rings (SSSR count). The molecule has 37 heavy (non-hydrogen) atoms. The van der Waals surface area contributed by atoms with Crippen molar-refractivity contribution >= 4 is 29.3 Å². The summed E-state index contributed by atoms with van der Waals surface area (Å²) in [5.41, 5.74) is 16.7. The molecule has 2 heterocycles. The highest BCUT2D eigenvalue weighted by Crippen LogP contribution is 2.35. The van der Waals surface area contributed by atoms with Gasteiger partial charge in [0.05, 0.1) is 28.9 Å². The highest BCUT2D eigenvalue weighted by Gasteiger charge is 2.22. The lowest BCUT2D eigenvalue weighted by Gasteiger charge is -2.19. The number of ether oxygens (including phenoxy) is 1. The molecule has 10 nitrogen and oxygen atoms in total. The van der Waals surface area contributed by atoms with Gasteiger partial charge in [-0.25, -0.2) is 4.79 Å². The zero-order valence-electron chi connectivity index (χ0n) is 21.5. The number of amides is 2. The average molecular weight is 505 g/mol. The number of carbonyl (C=O) groups is 1. The number of likely N-dealkylation sites (tertiary alicyclic amines) is 1. The number of nitrogens with two attached hydrogens (primary N) is 2. The number of nitrogens with zero attached hydrogens (tertiary/aromatic N) is 3. The topological polar surface area (TPSA) is 143 Å². The molecule has 1 saturated heterocycles. The molecule has 7 N–H and O–H groups in total. The smallest absolute Gasteiger partial charge is 0.320 e. The number of allylic oxidation sites excluding steroid dienone is 1. The fourth-order valence-corrected chi connectivity index (χ4v) is 4.03. The van der Waals surface area contributed by atoms with Crippen LogP contribution in [0.4, 0.5) is 16.2 Å². The largest absolute Gasteiger partial charge is 0.405 e. The second kappa shape index (κ2) is 13.2. The molecule has 2 aromatic rings. The Morgan fingerprint density at radius 1 is 1.32 bits per heavy atom. The number of aromatic nitrogens is 1. The third kappa shape index (κ3) is 7.66. The molecule has 2 amide bonds. The lowest BCUT2D eigenvalue weighted by Crippen LogP contribution is -2.36. The number of methoxy groups -OCH3 is 1. The number of hydrogen-bond acceptors (Lipinski definition) is 8. The number of urea groups is 1. The highest BCUT2D eigenvalue weighted by molar-refractivity contribution is 5.91. The van der Waals surface area contributed by atoms with Crippen molar-refractivity contribution in [1.82, 2.24) is 20.5 Å². The molecule has 0 spiro atoms. The van der Waals surface area contributed by atoms with Crippen LogP contribution in [0.1, 0.15) is 24.6 Å². The zero-order valence-corrected chi connectivity index (χ0v) is 21.5. The predicted octanol–water partition coefficient (Wildman–Crippen LogP) is 3.27. The van der Waals surface area contributed by atoms with E-state index in [1.165, 1.54) is 6.20 Å². The Kier molecular flexibility index (Phi) is 9.82. The van der Waals surface area contributed by atoms with Crippen LogP contribution in [0, 0.1) is 0 Å². The van der Waals surface area contributed by atoms with E-state index in [1.54, 1.807) is 19.4 Å². The normalized spacial score (nSPS) is 15.8. The van der Waals surface area contributed by atoms with E-state index in [9.17, 15) is 4.79 Å². The van der Waals surface area contributed by atoms with E-state index in [-0.39, 0.29) is 18.0 Å². The molecular weight excluding hydrogens is 468 g/mol. The van der Waals surface area contributed by atoms with E-state index in [2.05, 4.69) is 44.0 Å². The van der Waals surface area contributed by atoms with Crippen molar-refractivity contribution in [2.75, 3.05) is 37.8 Å². The summed E-state index contributed by atoms with van der Waals surface area (Å²) in [6.45, 7) is 13.0. The molecule has 1 fully saturated rings. The van der Waals surface area contributed by atoms with Gasteiger partial charge in [0.2, 0.25) is 0 Å². The van der Waals surface area contributed by atoms with Crippen LogP contribution in [0.3, 0.4) is 0 Å². The summed E-state index contributed by atoms with van der Waals surface area (Å²) in [7, 11) is 1.76. The summed E-state index contributed by atoms with van der Waals surface area (Å²) in [6, 6.07) is 7.43. The van der Waals surface area contributed by atoms with Gasteiger partial charge in [0, 0.05) is 56.8 Å². The fraction of sp³-hybridized carbons (Fsp3) is 0.296. The molecule has 1 aromatic heterocycles. The molecule has 0 saturated carbocycles. The number of hydrogen-bond donors (Lipinski definition) is 5. The third-order valence-corrected chi connectivity index (χ3v) is 5.89. The first-order chi connectivity index (χ1) is 17.8. The van der Waals surface area contributed by atoms with Crippen molar-refractivity contribution in [3.05, 3.63) is 73.0 Å². The third-order valence-electron chi connectivity index (χ3n) is 5.89. The molecule has 1 atom stereocenters. The van der Waals surface area contributed by atoms with Crippen molar-refractivity contribution in [1.29, 1.82) is 0 Å². The van der Waals surface area contributed by atoms with E-state index in [0.29, 0.717) is 29.2 Å². The van der Waals surface area contributed by atoms with E-state index < -0.39 is 0 Å². The molecular formula is C27H36N8O2. The van der Waals surface area contributed by atoms with Crippen LogP contribution in [-0.4, -0.2) is 55.0 Å². The van der Waals surface area contributed by atoms with Crippen LogP contribution in [0.5, 0.6) is 0 Å². The number of carbonyl (C=O) groups excluding carboxylic acids is 1. The summed E-state index contributed by atoms with van der Waals surface area (Å²) in [6.07, 6.45) is 7.68. The Bertz CT molecular complexity index is 1170. The number of anilines is 2. The summed E-state index contributed by atoms with van der Waals surface area (Å²) in [5, 5.41) is 8.36. The quantitative estimate of drug-likeness (QED) is 0.233. The minimum absolute atomic E-state index is 0.258. The molecule has 0 radical (unpaired) electrons. The van der Waals surface area contributed by atoms with Gasteiger partial charge in [-0.1, -0.05) is 19.2 Å². The van der Waals surface area contributed by atoms with Gasteiger partial charge >= 0.3 is 6.03 Å². The van der Waals surface area contributed by atoms with Gasteiger partial charge in [-0.15, -0.1) is 0 Å². The maximum Gasteiger partial charge on any atom is 0.320 e. The number of nitrogens with one attached hydrogen (secondary N) is 3. The van der Waals surface area contributed by atoms with Crippen LogP contribution in [-0.2, 0) is 11.3 Å². The van der Waals surface area contributed by atoms with Crippen molar-refractivity contribution in [3.8, 4) is 11.1 Å². The van der Waals surface area contributed by atoms with Gasteiger partial charge in [-0.3, -0.25) is 20.2 Å². The van der Waals surface area contributed by atoms with Gasteiger partial charge in [-0.05, 0) is 49.4 Å². The molecule has 0 unspecified atom stereocenters. The van der Waals surface area contributed by atoms with Crippen LogP contribution in [0.2, 0.25) is 0 Å². The van der Waals surface area contributed by atoms with E-state index in [1.807, 2.05) is 37.4 Å². The summed E-state index contributed by atoms with van der Waals surface area (Å²) in [5.74, 6) is 0.258. The lowest BCUT2D eigenvalue weighted by atomic mass is 9.99. The van der Waals surface area contributed by atoms with Crippen LogP contribution >= 0.6 is 0 Å². The van der Waals surface area contributed by atoms with Crippen LogP contribution < -0.4 is 27.4 Å². The van der Waals surface area contributed by atoms with Crippen molar-refractivity contribution in [3.63, 3.8) is 0 Å². The Hall–Kier alpha value is -4.15. The molecule has 1 aliphatic rings. The average Bonchev–Trinajstić information content (AvgIpc) is 3.33. The summed E-state index contributed by atoms with van der Waals surface area (Å²) >= 11 is 0. The maximum atomic E-state index is 11.9. The number of aliphatic imine (C=N–C) groups is 1. The Morgan fingerprint density at radius 2 is 2.14 bits per heavy atom. The first kappa shape index (κ1) is 27.4. The first-order valence-corrected chi connectivity index (χ1v) is 12.1. The summed E-state index contributed by atoms with van der Waals surface area (Å²) in [4.78, 5) is 23.3. The lowest BCUT2D eigenvalue weighted by molar-refractivity contribution is 0.107. The van der Waals surface area contributed by atoms with E-state index >= 15 is 0 Å². The van der Waals surface area contributed by atoms with Crippen LogP contribution in [0.25, 0.3) is 16.8 Å². The SMILES string of the molecule is C=C(NC(=O)NCC)Nc1c(N)cc(-c2ccc(CN3CC[C@@H](OC)C3)nc2)cc1C(=C)/N=C\C=C/N. The van der Waals surface area contributed by atoms with Gasteiger partial charge < -0.3 is 26.8 Å². The second-order valence-corrected chi connectivity index (χ2v) is 8.61. The van der Waals surface area contributed by atoms with Crippen molar-refractivity contribution < 1.29 is 9.53 Å². The van der Waals surface area contributed by atoms with Gasteiger partial charge in [0.1, 0.15) is 5.82 Å².